The van der Waals surface area contributed by atoms with E-state index < -0.39 is 17.4 Å². The molecule has 0 aliphatic carbocycles. The van der Waals surface area contributed by atoms with Gasteiger partial charge in [-0.15, -0.1) is 10.2 Å². The van der Waals surface area contributed by atoms with Crippen LogP contribution in [0.3, 0.4) is 0 Å². The zero-order valence-electron chi connectivity index (χ0n) is 14.1. The summed E-state index contributed by atoms with van der Waals surface area (Å²) in [6.45, 7) is 0. The van der Waals surface area contributed by atoms with Crippen LogP contribution < -0.4 is 10.9 Å². The van der Waals surface area contributed by atoms with Crippen LogP contribution in [0.15, 0.2) is 51.7 Å². The maximum atomic E-state index is 12.9. The Labute approximate surface area is 174 Å². The first-order valence-corrected chi connectivity index (χ1v) is 9.49. The lowest BCUT2D eigenvalue weighted by atomic mass is 10.2. The summed E-state index contributed by atoms with van der Waals surface area (Å²) in [5.41, 5.74) is -0.954. The van der Waals surface area contributed by atoms with Crippen LogP contribution in [0, 0.1) is 0 Å². The molecule has 2 heterocycles. The Morgan fingerprint density at radius 2 is 1.83 bits per heavy atom. The number of hydrogen-bond acceptors (Lipinski definition) is 6. The smallest absolute Gasteiger partial charge is 0.416 e. The van der Waals surface area contributed by atoms with Crippen molar-refractivity contribution in [1.29, 1.82) is 0 Å². The molecule has 2 aromatic heterocycles. The number of halogens is 5. The Morgan fingerprint density at radius 3 is 2.59 bits per heavy atom. The molecule has 11 heteroatoms. The molecule has 0 radical (unpaired) electrons. The SMILES string of the molecule is O=c1oc2ccc(Cl)cc2cc1-c1nnc(Nc2cc(C(F)(F)F)ccc2Cl)s1. The molecule has 0 amide bonds. The van der Waals surface area contributed by atoms with E-state index in [0.717, 1.165) is 29.5 Å². The van der Waals surface area contributed by atoms with E-state index in [9.17, 15) is 18.0 Å². The minimum Gasteiger partial charge on any atom is -0.422 e. The lowest BCUT2D eigenvalue weighted by molar-refractivity contribution is -0.137. The van der Waals surface area contributed by atoms with E-state index in [4.69, 9.17) is 27.6 Å². The highest BCUT2D eigenvalue weighted by atomic mass is 35.5. The van der Waals surface area contributed by atoms with Crippen LogP contribution in [0.4, 0.5) is 24.0 Å². The highest BCUT2D eigenvalue weighted by Crippen LogP contribution is 2.36. The number of rotatable bonds is 3. The highest BCUT2D eigenvalue weighted by Gasteiger charge is 2.31. The minimum atomic E-state index is -4.52. The van der Waals surface area contributed by atoms with Gasteiger partial charge in [-0.05, 0) is 42.5 Å². The van der Waals surface area contributed by atoms with Crippen LogP contribution in [-0.4, -0.2) is 10.2 Å². The van der Waals surface area contributed by atoms with E-state index in [2.05, 4.69) is 15.5 Å². The van der Waals surface area contributed by atoms with E-state index in [1.54, 1.807) is 24.3 Å². The van der Waals surface area contributed by atoms with Gasteiger partial charge in [0.15, 0.2) is 5.01 Å². The largest absolute Gasteiger partial charge is 0.422 e. The average molecular weight is 458 g/mol. The van der Waals surface area contributed by atoms with Crippen molar-refractivity contribution < 1.29 is 17.6 Å². The first-order chi connectivity index (χ1) is 13.7. The van der Waals surface area contributed by atoms with Crippen LogP contribution in [0.2, 0.25) is 10.0 Å². The second kappa shape index (κ2) is 7.33. The van der Waals surface area contributed by atoms with Crippen LogP contribution in [0.5, 0.6) is 0 Å². The van der Waals surface area contributed by atoms with Gasteiger partial charge < -0.3 is 9.73 Å². The Bertz CT molecular complexity index is 1290. The number of hydrogen-bond donors (Lipinski definition) is 1. The summed E-state index contributed by atoms with van der Waals surface area (Å²) in [5.74, 6) is 0. The zero-order chi connectivity index (χ0) is 20.8. The summed E-state index contributed by atoms with van der Waals surface area (Å²) in [5, 5.41) is 12.0. The normalized spacial score (nSPS) is 11.8. The molecule has 5 nitrogen and oxygen atoms in total. The number of aromatic nitrogens is 2. The molecule has 1 N–H and O–H groups in total. The van der Waals surface area contributed by atoms with Crippen molar-refractivity contribution in [3.8, 4) is 10.6 Å². The van der Waals surface area contributed by atoms with Gasteiger partial charge in [-0.3, -0.25) is 0 Å². The monoisotopic (exact) mass is 457 g/mol. The molecule has 148 valence electrons. The van der Waals surface area contributed by atoms with Gasteiger partial charge in [0.2, 0.25) is 5.13 Å². The molecule has 2 aromatic carbocycles. The molecule has 0 saturated heterocycles. The van der Waals surface area contributed by atoms with Crippen LogP contribution >= 0.6 is 34.5 Å². The summed E-state index contributed by atoms with van der Waals surface area (Å²) >= 11 is 12.9. The predicted octanol–water partition coefficient (Wildman–Crippen LogP) is 6.38. The van der Waals surface area contributed by atoms with Crippen LogP contribution in [0.1, 0.15) is 5.56 Å². The van der Waals surface area contributed by atoms with E-state index in [1.165, 1.54) is 0 Å². The molecule has 4 aromatic rings. The number of benzene rings is 2. The summed E-state index contributed by atoms with van der Waals surface area (Å²) in [4.78, 5) is 12.3. The van der Waals surface area contributed by atoms with Crippen molar-refractivity contribution in [3.63, 3.8) is 0 Å². The third-order valence-corrected chi connectivity index (χ3v) is 5.32. The van der Waals surface area contributed by atoms with Gasteiger partial charge in [-0.25, -0.2) is 4.79 Å². The quantitative estimate of drug-likeness (QED) is 0.361. The fraction of sp³-hybridized carbons (Fsp3) is 0.0556. The molecule has 0 unspecified atom stereocenters. The second-order valence-corrected chi connectivity index (χ2v) is 7.68. The van der Waals surface area contributed by atoms with Gasteiger partial charge in [0.1, 0.15) is 5.58 Å². The summed E-state index contributed by atoms with van der Waals surface area (Å²) in [6, 6.07) is 9.25. The Balaban J connectivity index is 1.69. The Morgan fingerprint density at radius 1 is 1.03 bits per heavy atom. The molecular formula is C18H8Cl2F3N3O2S. The molecule has 0 saturated carbocycles. The number of nitrogens with one attached hydrogen (secondary N) is 1. The molecule has 0 fully saturated rings. The number of nitrogens with zero attached hydrogens (tertiary/aromatic N) is 2. The van der Waals surface area contributed by atoms with Gasteiger partial charge in [0, 0.05) is 10.4 Å². The lowest BCUT2D eigenvalue weighted by Gasteiger charge is -2.10. The van der Waals surface area contributed by atoms with Gasteiger partial charge in [-0.1, -0.05) is 34.5 Å². The summed E-state index contributed by atoms with van der Waals surface area (Å²) < 4.78 is 44.0. The van der Waals surface area contributed by atoms with Crippen molar-refractivity contribution >= 4 is 56.3 Å². The fourth-order valence-electron chi connectivity index (χ4n) is 2.54. The maximum Gasteiger partial charge on any atom is 0.416 e. The van der Waals surface area contributed by atoms with Crippen molar-refractivity contribution in [2.75, 3.05) is 5.32 Å². The lowest BCUT2D eigenvalue weighted by Crippen LogP contribution is -2.05. The summed E-state index contributed by atoms with van der Waals surface area (Å²) in [6.07, 6.45) is -4.52. The first-order valence-electron chi connectivity index (χ1n) is 7.92. The molecule has 0 aliphatic rings. The third-order valence-electron chi connectivity index (χ3n) is 3.88. The fourth-order valence-corrected chi connectivity index (χ4v) is 3.64. The van der Waals surface area contributed by atoms with Crippen molar-refractivity contribution in [2.24, 2.45) is 0 Å². The van der Waals surface area contributed by atoms with Crippen molar-refractivity contribution in [3.05, 3.63) is 68.5 Å². The molecule has 0 aliphatic heterocycles. The van der Waals surface area contributed by atoms with E-state index in [1.807, 2.05) is 0 Å². The third kappa shape index (κ3) is 4.07. The number of fused-ring (bicyclic) bond motifs is 1. The van der Waals surface area contributed by atoms with Gasteiger partial charge in [-0.2, -0.15) is 13.2 Å². The highest BCUT2D eigenvalue weighted by molar-refractivity contribution is 7.18. The maximum absolute atomic E-state index is 12.9. The topological polar surface area (TPSA) is 68.0 Å². The van der Waals surface area contributed by atoms with Crippen molar-refractivity contribution in [2.45, 2.75) is 6.18 Å². The van der Waals surface area contributed by atoms with Gasteiger partial charge in [0.05, 0.1) is 21.8 Å². The number of anilines is 2. The average Bonchev–Trinajstić information content (AvgIpc) is 3.10. The molecule has 29 heavy (non-hydrogen) atoms. The predicted molar refractivity (Wildman–Crippen MR) is 106 cm³/mol. The van der Waals surface area contributed by atoms with Crippen molar-refractivity contribution in [1.82, 2.24) is 10.2 Å². The molecule has 0 bridgehead atoms. The van der Waals surface area contributed by atoms with Crippen LogP contribution in [0.25, 0.3) is 21.5 Å². The Hall–Kier alpha value is -2.62. The molecular weight excluding hydrogens is 450 g/mol. The van der Waals surface area contributed by atoms with E-state index >= 15 is 0 Å². The molecule has 0 spiro atoms. The Kier molecular flexibility index (Phi) is 4.97. The minimum absolute atomic E-state index is 0.0153. The summed E-state index contributed by atoms with van der Waals surface area (Å²) in [7, 11) is 0. The van der Waals surface area contributed by atoms with Gasteiger partial charge >= 0.3 is 11.8 Å². The van der Waals surface area contributed by atoms with E-state index in [0.29, 0.717) is 16.0 Å². The van der Waals surface area contributed by atoms with Crippen LogP contribution in [-0.2, 0) is 6.18 Å². The number of alkyl halides is 3. The second-order valence-electron chi connectivity index (χ2n) is 5.86. The first kappa shape index (κ1) is 19.7. The molecule has 4 rings (SSSR count). The van der Waals surface area contributed by atoms with E-state index in [-0.39, 0.29) is 26.4 Å². The standard InChI is InChI=1S/C18H8Cl2F3N3O2S/c19-10-2-4-14-8(5-10)6-11(16(27)28-14)15-25-26-17(29-15)24-13-7-9(18(21,22)23)1-3-12(13)20/h1-7H,(H,24,26). The molecule has 0 atom stereocenters. The zero-order valence-corrected chi connectivity index (χ0v) is 16.4. The van der Waals surface area contributed by atoms with Gasteiger partial charge in [0.25, 0.3) is 0 Å².